The quantitative estimate of drug-likeness (QED) is 0.873. The number of hydrogen-bond acceptors (Lipinski definition) is 2. The van der Waals surface area contributed by atoms with Crippen LogP contribution in [0.3, 0.4) is 0 Å². The van der Waals surface area contributed by atoms with Crippen LogP contribution in [0.4, 0.5) is 0 Å². The molecule has 0 aromatic heterocycles. The summed E-state index contributed by atoms with van der Waals surface area (Å²) in [5, 5.41) is 2.90. The molecule has 0 saturated heterocycles. The summed E-state index contributed by atoms with van der Waals surface area (Å²) in [7, 11) is 0. The maximum atomic E-state index is 11.8. The van der Waals surface area contributed by atoms with Gasteiger partial charge < -0.3 is 11.1 Å². The number of carbonyl (C=O) groups excluding carboxylic acids is 1. The van der Waals surface area contributed by atoms with Crippen LogP contribution in [0.5, 0.6) is 0 Å². The molecule has 1 atom stereocenters. The minimum absolute atomic E-state index is 0. The first kappa shape index (κ1) is 17.9. The molecular weight excluding hydrogens is 260 g/mol. The van der Waals surface area contributed by atoms with Crippen LogP contribution in [0, 0.1) is 5.41 Å². The first-order valence-corrected chi connectivity index (χ1v) is 6.46. The lowest BCUT2D eigenvalue weighted by molar-refractivity contribution is -0.122. The molecule has 0 heterocycles. The molecule has 19 heavy (non-hydrogen) atoms. The fourth-order valence-electron chi connectivity index (χ4n) is 1.65. The third-order valence-corrected chi connectivity index (χ3v) is 2.81. The number of hydrogen-bond donors (Lipinski definition) is 2. The lowest BCUT2D eigenvalue weighted by Crippen LogP contribution is -2.42. The lowest BCUT2D eigenvalue weighted by Gasteiger charge is -2.19. The van der Waals surface area contributed by atoms with Gasteiger partial charge in [0.1, 0.15) is 0 Å². The normalized spacial score (nSPS) is 12.4. The second kappa shape index (κ2) is 8.18. The maximum absolute atomic E-state index is 11.8. The Morgan fingerprint density at radius 2 is 1.84 bits per heavy atom. The average Bonchev–Trinajstić information content (AvgIpc) is 2.28. The van der Waals surface area contributed by atoms with E-state index in [0.717, 1.165) is 12.0 Å². The topological polar surface area (TPSA) is 55.1 Å². The molecule has 0 saturated carbocycles. The molecule has 0 aliphatic carbocycles. The fourth-order valence-corrected chi connectivity index (χ4v) is 1.65. The Balaban J connectivity index is 0.00000324. The first-order valence-electron chi connectivity index (χ1n) is 6.46. The number of amides is 1. The summed E-state index contributed by atoms with van der Waals surface area (Å²) in [5.41, 5.74) is 7.21. The molecule has 4 heteroatoms. The largest absolute Gasteiger partial charge is 0.355 e. The monoisotopic (exact) mass is 284 g/mol. The van der Waals surface area contributed by atoms with Crippen LogP contribution in [-0.2, 0) is 11.2 Å². The van der Waals surface area contributed by atoms with E-state index in [2.05, 4.69) is 26.1 Å². The van der Waals surface area contributed by atoms with Crippen molar-refractivity contribution < 1.29 is 4.79 Å². The molecule has 0 aliphatic rings. The van der Waals surface area contributed by atoms with E-state index in [4.69, 9.17) is 5.73 Å². The van der Waals surface area contributed by atoms with Crippen molar-refractivity contribution in [1.29, 1.82) is 0 Å². The van der Waals surface area contributed by atoms with Gasteiger partial charge in [-0.25, -0.2) is 0 Å². The Labute approximate surface area is 122 Å². The highest BCUT2D eigenvalue weighted by atomic mass is 35.5. The summed E-state index contributed by atoms with van der Waals surface area (Å²) in [5.74, 6) is -0.0666. The summed E-state index contributed by atoms with van der Waals surface area (Å²) in [6, 6.07) is 9.38. The third-order valence-electron chi connectivity index (χ3n) is 2.81. The third kappa shape index (κ3) is 7.85. The van der Waals surface area contributed by atoms with Gasteiger partial charge in [0.05, 0.1) is 6.04 Å². The molecular formula is C15H25ClN2O. The molecule has 3 N–H and O–H groups in total. The van der Waals surface area contributed by atoms with Gasteiger partial charge in [-0.15, -0.1) is 12.4 Å². The predicted octanol–water partition coefficient (Wildman–Crippen LogP) is 2.53. The van der Waals surface area contributed by atoms with Crippen LogP contribution in [0.1, 0.15) is 32.8 Å². The van der Waals surface area contributed by atoms with Crippen molar-refractivity contribution in [2.24, 2.45) is 11.1 Å². The van der Waals surface area contributed by atoms with E-state index < -0.39 is 6.04 Å². The van der Waals surface area contributed by atoms with Crippen molar-refractivity contribution in [2.45, 2.75) is 39.7 Å². The van der Waals surface area contributed by atoms with E-state index in [1.807, 2.05) is 30.3 Å². The van der Waals surface area contributed by atoms with Crippen molar-refractivity contribution >= 4 is 18.3 Å². The Hall–Kier alpha value is -1.06. The Morgan fingerprint density at radius 1 is 1.26 bits per heavy atom. The lowest BCUT2D eigenvalue weighted by atomic mass is 9.92. The minimum Gasteiger partial charge on any atom is -0.355 e. The standard InChI is InChI=1S/C15H24N2O.ClH/c1-15(2,3)9-10-17-14(18)13(16)11-12-7-5-4-6-8-12;/h4-8,13H,9-11,16H2,1-3H3,(H,17,18);1H/t13-;/m0./s1. The van der Waals surface area contributed by atoms with Crippen LogP contribution in [-0.4, -0.2) is 18.5 Å². The zero-order valence-electron chi connectivity index (χ0n) is 12.0. The molecule has 0 radical (unpaired) electrons. The summed E-state index contributed by atoms with van der Waals surface area (Å²) in [4.78, 5) is 11.8. The highest BCUT2D eigenvalue weighted by Gasteiger charge is 2.15. The zero-order valence-corrected chi connectivity index (χ0v) is 12.8. The maximum Gasteiger partial charge on any atom is 0.237 e. The molecule has 1 aromatic rings. The van der Waals surface area contributed by atoms with Crippen LogP contribution >= 0.6 is 12.4 Å². The molecule has 1 amide bonds. The van der Waals surface area contributed by atoms with Gasteiger partial charge in [-0.2, -0.15) is 0 Å². The SMILES string of the molecule is CC(C)(C)CCNC(=O)[C@@H](N)Cc1ccccc1.Cl. The van der Waals surface area contributed by atoms with Gasteiger partial charge in [0.15, 0.2) is 0 Å². The van der Waals surface area contributed by atoms with Crippen LogP contribution in [0.2, 0.25) is 0 Å². The highest BCUT2D eigenvalue weighted by molar-refractivity contribution is 5.85. The van der Waals surface area contributed by atoms with Gasteiger partial charge in [0.25, 0.3) is 0 Å². The number of nitrogens with two attached hydrogens (primary N) is 1. The smallest absolute Gasteiger partial charge is 0.237 e. The summed E-state index contributed by atoms with van der Waals surface area (Å²) < 4.78 is 0. The van der Waals surface area contributed by atoms with E-state index in [9.17, 15) is 4.79 Å². The molecule has 108 valence electrons. The Bertz CT molecular complexity index is 373. The predicted molar refractivity (Wildman–Crippen MR) is 82.5 cm³/mol. The van der Waals surface area contributed by atoms with E-state index in [1.165, 1.54) is 0 Å². The van der Waals surface area contributed by atoms with Crippen LogP contribution in [0.25, 0.3) is 0 Å². The molecule has 3 nitrogen and oxygen atoms in total. The second-order valence-corrected chi connectivity index (χ2v) is 5.90. The van der Waals surface area contributed by atoms with Crippen molar-refractivity contribution in [3.8, 4) is 0 Å². The van der Waals surface area contributed by atoms with E-state index in [-0.39, 0.29) is 23.7 Å². The molecule has 0 unspecified atom stereocenters. The number of halogens is 1. The van der Waals surface area contributed by atoms with Gasteiger partial charge in [0.2, 0.25) is 5.91 Å². The van der Waals surface area contributed by atoms with Crippen molar-refractivity contribution in [3.63, 3.8) is 0 Å². The summed E-state index contributed by atoms with van der Waals surface area (Å²) in [6.45, 7) is 7.15. The number of benzene rings is 1. The average molecular weight is 285 g/mol. The Morgan fingerprint density at radius 3 is 2.37 bits per heavy atom. The fraction of sp³-hybridized carbons (Fsp3) is 0.533. The first-order chi connectivity index (χ1) is 8.38. The number of nitrogens with one attached hydrogen (secondary N) is 1. The van der Waals surface area contributed by atoms with Crippen LogP contribution in [0.15, 0.2) is 30.3 Å². The van der Waals surface area contributed by atoms with Crippen molar-refractivity contribution in [3.05, 3.63) is 35.9 Å². The molecule has 0 aliphatic heterocycles. The summed E-state index contributed by atoms with van der Waals surface area (Å²) >= 11 is 0. The van der Waals surface area contributed by atoms with E-state index >= 15 is 0 Å². The molecule has 1 rings (SSSR count). The van der Waals surface area contributed by atoms with Gasteiger partial charge in [0, 0.05) is 6.54 Å². The van der Waals surface area contributed by atoms with E-state index in [1.54, 1.807) is 0 Å². The van der Waals surface area contributed by atoms with Gasteiger partial charge in [-0.05, 0) is 23.8 Å². The Kier molecular flexibility index (Phi) is 7.72. The second-order valence-electron chi connectivity index (χ2n) is 5.90. The minimum atomic E-state index is -0.465. The van der Waals surface area contributed by atoms with Gasteiger partial charge in [-0.1, -0.05) is 51.1 Å². The zero-order chi connectivity index (χ0) is 13.6. The van der Waals surface area contributed by atoms with Gasteiger partial charge in [-0.3, -0.25) is 4.79 Å². The van der Waals surface area contributed by atoms with Crippen molar-refractivity contribution in [1.82, 2.24) is 5.32 Å². The molecule has 1 aromatic carbocycles. The number of rotatable bonds is 5. The number of carbonyl (C=O) groups is 1. The molecule has 0 bridgehead atoms. The van der Waals surface area contributed by atoms with E-state index in [0.29, 0.717) is 13.0 Å². The van der Waals surface area contributed by atoms with Crippen LogP contribution < -0.4 is 11.1 Å². The molecule has 0 fully saturated rings. The molecule has 0 spiro atoms. The highest BCUT2D eigenvalue weighted by Crippen LogP contribution is 2.16. The van der Waals surface area contributed by atoms with Crippen molar-refractivity contribution in [2.75, 3.05) is 6.54 Å². The van der Waals surface area contributed by atoms with Gasteiger partial charge >= 0.3 is 0 Å². The summed E-state index contributed by atoms with van der Waals surface area (Å²) in [6.07, 6.45) is 1.54.